The molecule has 0 aromatic heterocycles. The van der Waals surface area contributed by atoms with E-state index >= 15 is 0 Å². The number of aliphatic hydroxyl groups excluding tert-OH is 2. The fraction of sp³-hybridized carbons (Fsp3) is 0.462. The summed E-state index contributed by atoms with van der Waals surface area (Å²) in [5.41, 5.74) is 9.94. The molecule has 0 aliphatic carbocycles. The standard InChI is InChI=1S/C39H51N5O12/c1-16-11-10-12-17(2)37(52)43-28-23(15-42-44-38(40)41)32(49)25-26(33(28)50)31(48)21(6)35-27(25)36(51)39(8,56-35)54-14-13-24(53-9)18(3)34(55-22(7)45)20(5)30(47)19(4)29(16)46/h10-16,18-20,24,29-30,34,46-50H,1-9H3,(H,43,52)(H4,40,41,44)/b11-10+,14-13+,17-12-,42-15+/t16-,18+,19+,20+,24-,29-,30+,34+,39-/m0/s1. The summed E-state index contributed by atoms with van der Waals surface area (Å²) in [5.74, 6) is -9.46. The number of phenols is 3. The maximum Gasteiger partial charge on any atom is 0.312 e. The van der Waals surface area contributed by atoms with Crippen molar-refractivity contribution in [3.63, 3.8) is 0 Å². The number of guanidine groups is 1. The largest absolute Gasteiger partial charge is 0.507 e. The monoisotopic (exact) mass is 781 g/mol. The highest BCUT2D eigenvalue weighted by atomic mass is 16.7. The Hall–Kier alpha value is -5.65. The highest BCUT2D eigenvalue weighted by Crippen LogP contribution is 2.55. The van der Waals surface area contributed by atoms with Crippen molar-refractivity contribution in [1.82, 2.24) is 0 Å². The van der Waals surface area contributed by atoms with Gasteiger partial charge in [-0.1, -0.05) is 45.9 Å². The Morgan fingerprint density at radius 2 is 1.62 bits per heavy atom. The van der Waals surface area contributed by atoms with Gasteiger partial charge >= 0.3 is 11.8 Å². The first kappa shape index (κ1) is 43.1. The molecule has 5 rings (SSSR count). The minimum absolute atomic E-state index is 0.00323. The van der Waals surface area contributed by atoms with Crippen molar-refractivity contribution in [3.05, 3.63) is 52.8 Å². The second-order valence-corrected chi connectivity index (χ2v) is 14.4. The van der Waals surface area contributed by atoms with Gasteiger partial charge in [-0.3, -0.25) is 14.4 Å². The van der Waals surface area contributed by atoms with Gasteiger partial charge in [0.25, 0.3) is 11.7 Å². The lowest BCUT2D eigenvalue weighted by Gasteiger charge is -2.38. The molecular weight excluding hydrogens is 730 g/mol. The maximum absolute atomic E-state index is 14.3. The third-order valence-corrected chi connectivity index (χ3v) is 10.4. The van der Waals surface area contributed by atoms with Gasteiger partial charge < -0.3 is 61.3 Å². The number of anilines is 1. The number of methoxy groups -OCH3 is 1. The van der Waals surface area contributed by atoms with E-state index in [1.807, 2.05) is 0 Å². The summed E-state index contributed by atoms with van der Waals surface area (Å²) in [7, 11) is 1.41. The van der Waals surface area contributed by atoms with Crippen LogP contribution in [0, 0.1) is 30.6 Å². The Labute approximate surface area is 324 Å². The topological polar surface area (TPSA) is 278 Å². The number of carbonyl (C=O) groups excluding carboxylic acids is 3. The number of hydrogen-bond acceptors (Lipinski definition) is 14. The van der Waals surface area contributed by atoms with Crippen LogP contribution in [0.4, 0.5) is 5.69 Å². The lowest BCUT2D eigenvalue weighted by molar-refractivity contribution is -0.160. The van der Waals surface area contributed by atoms with Crippen molar-refractivity contribution in [2.24, 2.45) is 45.3 Å². The minimum Gasteiger partial charge on any atom is -0.507 e. The number of nitrogens with two attached hydrogens (primary N) is 2. The predicted molar refractivity (Wildman–Crippen MR) is 207 cm³/mol. The van der Waals surface area contributed by atoms with Crippen LogP contribution in [0.5, 0.6) is 23.0 Å². The van der Waals surface area contributed by atoms with E-state index in [9.17, 15) is 39.9 Å². The normalized spacial score (nSPS) is 30.9. The molecule has 3 heterocycles. The highest BCUT2D eigenvalue weighted by Gasteiger charge is 2.50. The van der Waals surface area contributed by atoms with Gasteiger partial charge in [-0.15, -0.1) is 5.10 Å². The van der Waals surface area contributed by atoms with Gasteiger partial charge in [0.1, 0.15) is 23.4 Å². The number of amides is 1. The summed E-state index contributed by atoms with van der Waals surface area (Å²) in [6, 6.07) is 0. The molecule has 0 fully saturated rings. The first-order valence-corrected chi connectivity index (χ1v) is 17.9. The number of phenolic OH excluding ortho intramolecular Hbond substituents is 3. The van der Waals surface area contributed by atoms with E-state index in [1.165, 1.54) is 53.0 Å². The zero-order valence-corrected chi connectivity index (χ0v) is 32.7. The Morgan fingerprint density at radius 3 is 2.23 bits per heavy atom. The zero-order chi connectivity index (χ0) is 42.0. The van der Waals surface area contributed by atoms with Crippen LogP contribution < -0.4 is 21.5 Å². The third-order valence-electron chi connectivity index (χ3n) is 10.4. The van der Waals surface area contributed by atoms with Crippen molar-refractivity contribution in [2.75, 3.05) is 12.4 Å². The van der Waals surface area contributed by atoms with Gasteiger partial charge in [0.15, 0.2) is 5.75 Å². The average molecular weight is 782 g/mol. The van der Waals surface area contributed by atoms with Gasteiger partial charge in [0.2, 0.25) is 5.96 Å². The van der Waals surface area contributed by atoms with Crippen LogP contribution in [-0.4, -0.2) is 92.7 Å². The van der Waals surface area contributed by atoms with E-state index in [0.717, 1.165) is 12.5 Å². The summed E-state index contributed by atoms with van der Waals surface area (Å²) in [6.45, 7) is 12.3. The molecule has 0 saturated heterocycles. The van der Waals surface area contributed by atoms with Crippen LogP contribution >= 0.6 is 0 Å². The Kier molecular flexibility index (Phi) is 13.1. The number of nitrogens with one attached hydrogen (secondary N) is 1. The molecule has 1 amide bonds. The van der Waals surface area contributed by atoms with Crippen molar-refractivity contribution in [2.45, 2.75) is 85.6 Å². The number of ketones is 1. The van der Waals surface area contributed by atoms with Crippen molar-refractivity contribution < 1.29 is 58.9 Å². The summed E-state index contributed by atoms with van der Waals surface area (Å²) in [5, 5.41) is 66.7. The second kappa shape index (κ2) is 17.0. The number of hydrogen-bond donors (Lipinski definition) is 8. The molecule has 10 N–H and O–H groups in total. The van der Waals surface area contributed by atoms with Crippen molar-refractivity contribution in [1.29, 1.82) is 0 Å². The quantitative estimate of drug-likeness (QED) is 0.0552. The Balaban J connectivity index is 1.99. The number of aliphatic hydroxyl groups is 2. The van der Waals surface area contributed by atoms with Crippen LogP contribution in [-0.2, 0) is 23.8 Å². The van der Waals surface area contributed by atoms with E-state index in [2.05, 4.69) is 15.5 Å². The molecule has 0 unspecified atom stereocenters. The number of allylic oxidation sites excluding steroid dienone is 2. The van der Waals surface area contributed by atoms with Crippen LogP contribution in [0.25, 0.3) is 10.8 Å². The summed E-state index contributed by atoms with van der Waals surface area (Å²) in [6.07, 6.45) is 4.19. The van der Waals surface area contributed by atoms with Crippen molar-refractivity contribution in [3.8, 4) is 23.0 Å². The lowest BCUT2D eigenvalue weighted by Crippen LogP contribution is -2.46. The molecule has 0 saturated carbocycles. The van der Waals surface area contributed by atoms with Gasteiger partial charge in [0.05, 0.1) is 53.0 Å². The number of rotatable bonds is 4. The smallest absolute Gasteiger partial charge is 0.312 e. The van der Waals surface area contributed by atoms with E-state index in [0.29, 0.717) is 0 Å². The van der Waals surface area contributed by atoms with Crippen LogP contribution in [0.15, 0.2) is 46.3 Å². The number of Topliss-reactive ketones (excluding diaryl/α,β-unsaturated/α-hetero) is 1. The molecule has 0 radical (unpaired) electrons. The number of fused-ring (bicyclic) bond motifs is 14. The van der Waals surface area contributed by atoms with Gasteiger partial charge in [-0.25, -0.2) is 0 Å². The van der Waals surface area contributed by atoms with E-state index in [-0.39, 0.29) is 33.4 Å². The number of esters is 1. The van der Waals surface area contributed by atoms with E-state index < -0.39 is 106 Å². The number of carbonyl (C=O) groups is 3. The highest BCUT2D eigenvalue weighted by molar-refractivity contribution is 6.23. The van der Waals surface area contributed by atoms with Gasteiger partial charge in [0, 0.05) is 61.2 Å². The fourth-order valence-electron chi connectivity index (χ4n) is 7.03. The number of aromatic hydroxyl groups is 3. The molecule has 17 heteroatoms. The molecule has 304 valence electrons. The molecule has 0 spiro atoms. The predicted octanol–water partition coefficient (Wildman–Crippen LogP) is 3.36. The lowest BCUT2D eigenvalue weighted by atomic mass is 9.78. The molecule has 9 atom stereocenters. The van der Waals surface area contributed by atoms with Crippen molar-refractivity contribution >= 4 is 46.3 Å². The fourth-order valence-corrected chi connectivity index (χ4v) is 7.03. The molecule has 56 heavy (non-hydrogen) atoms. The Bertz CT molecular complexity index is 2040. The van der Waals surface area contributed by atoms with Crippen LogP contribution in [0.2, 0.25) is 0 Å². The van der Waals surface area contributed by atoms with Crippen LogP contribution in [0.1, 0.15) is 70.0 Å². The molecule has 5 bridgehead atoms. The first-order valence-electron chi connectivity index (χ1n) is 17.9. The molecule has 3 aliphatic heterocycles. The SMILES string of the molecule is CO[C@H]1/C=C/O[C@@]2(C)Oc3c(C)c(O)c4c(O)c(c(/C=N/N=C(N)N)c(O)c4c3C2=O)NC(=O)/C(C)=C\C=C\[C@H](C)[C@H](O)[C@@H](C)[C@@H](O)[C@@H](C)[C@H](OC(C)=O)[C@@H]1C. The number of nitrogens with zero attached hydrogens (tertiary/aromatic N) is 2. The number of benzene rings is 2. The average Bonchev–Trinajstić information content (AvgIpc) is 3.41. The Morgan fingerprint density at radius 1 is 0.964 bits per heavy atom. The molecule has 2 aromatic rings. The summed E-state index contributed by atoms with van der Waals surface area (Å²) in [4.78, 5) is 40.1. The third kappa shape index (κ3) is 8.29. The van der Waals surface area contributed by atoms with E-state index in [4.69, 9.17) is 30.4 Å². The molecule has 17 nitrogen and oxygen atoms in total. The van der Waals surface area contributed by atoms with E-state index in [1.54, 1.807) is 33.8 Å². The summed E-state index contributed by atoms with van der Waals surface area (Å²) >= 11 is 0. The maximum atomic E-state index is 14.3. The van der Waals surface area contributed by atoms with Crippen LogP contribution in [0.3, 0.4) is 0 Å². The summed E-state index contributed by atoms with van der Waals surface area (Å²) < 4.78 is 23.3. The molecule has 2 aromatic carbocycles. The molecular formula is C39H51N5O12. The molecule has 3 aliphatic rings. The zero-order valence-electron chi connectivity index (χ0n) is 32.7. The second-order valence-electron chi connectivity index (χ2n) is 14.4. The number of ether oxygens (including phenoxy) is 4. The minimum atomic E-state index is -2.09. The van der Waals surface area contributed by atoms with Gasteiger partial charge in [-0.05, 0) is 19.9 Å². The van der Waals surface area contributed by atoms with Gasteiger partial charge in [-0.2, -0.15) is 5.10 Å². The first-order chi connectivity index (χ1) is 26.2.